The molecule has 1 unspecified atom stereocenters. The fourth-order valence-electron chi connectivity index (χ4n) is 2.66. The monoisotopic (exact) mass is 281 g/mol. The Bertz CT molecular complexity index is 375. The van der Waals surface area contributed by atoms with Crippen LogP contribution in [-0.4, -0.2) is 6.54 Å². The molecule has 2 heteroatoms. The second kappa shape index (κ2) is 4.15. The minimum atomic E-state index is 0.193. The van der Waals surface area contributed by atoms with Crippen molar-refractivity contribution in [3.63, 3.8) is 0 Å². The van der Waals surface area contributed by atoms with E-state index in [2.05, 4.69) is 66.3 Å². The summed E-state index contributed by atoms with van der Waals surface area (Å²) in [5.74, 6) is 0. The van der Waals surface area contributed by atoms with Crippen molar-refractivity contribution in [1.29, 1.82) is 0 Å². The molecular weight excluding hydrogens is 262 g/mol. The van der Waals surface area contributed by atoms with E-state index >= 15 is 0 Å². The second-order valence-electron chi connectivity index (χ2n) is 5.98. The van der Waals surface area contributed by atoms with E-state index < -0.39 is 0 Å². The smallest absolute Gasteiger partial charge is 0.0463 e. The quantitative estimate of drug-likeness (QED) is 0.862. The zero-order chi connectivity index (χ0) is 11.8. The van der Waals surface area contributed by atoms with Gasteiger partial charge < -0.3 is 5.32 Å². The van der Waals surface area contributed by atoms with Gasteiger partial charge in [0, 0.05) is 10.0 Å². The average Bonchev–Trinajstić information content (AvgIpc) is 2.11. The molecule has 16 heavy (non-hydrogen) atoms. The Hall–Kier alpha value is -0.340. The van der Waals surface area contributed by atoms with Gasteiger partial charge >= 0.3 is 0 Å². The van der Waals surface area contributed by atoms with E-state index in [0.29, 0.717) is 5.41 Å². The first kappa shape index (κ1) is 12.1. The van der Waals surface area contributed by atoms with Gasteiger partial charge in [0.1, 0.15) is 0 Å². The van der Waals surface area contributed by atoms with Crippen molar-refractivity contribution in [2.45, 2.75) is 39.2 Å². The van der Waals surface area contributed by atoms with Gasteiger partial charge in [-0.15, -0.1) is 0 Å². The standard InChI is InChI=1S/C14H20BrN/c1-13(2,3)10-14(8-9-16-14)11-6-4-5-7-12(11)15/h4-7,16H,8-10H2,1-3H3. The van der Waals surface area contributed by atoms with Crippen LogP contribution in [0.2, 0.25) is 0 Å². The molecular formula is C14H20BrN. The molecule has 1 aromatic carbocycles. The first-order chi connectivity index (χ1) is 7.43. The number of halogens is 1. The van der Waals surface area contributed by atoms with Crippen LogP contribution in [0, 0.1) is 5.41 Å². The normalized spacial score (nSPS) is 25.2. The lowest BCUT2D eigenvalue weighted by molar-refractivity contribution is 0.131. The van der Waals surface area contributed by atoms with Crippen molar-refractivity contribution >= 4 is 15.9 Å². The summed E-state index contributed by atoms with van der Waals surface area (Å²) in [4.78, 5) is 0. The SMILES string of the molecule is CC(C)(C)CC1(c2ccccc2Br)CCN1. The molecule has 0 amide bonds. The van der Waals surface area contributed by atoms with Crippen molar-refractivity contribution < 1.29 is 0 Å². The summed E-state index contributed by atoms with van der Waals surface area (Å²) >= 11 is 3.67. The van der Waals surface area contributed by atoms with Crippen LogP contribution in [0.5, 0.6) is 0 Å². The van der Waals surface area contributed by atoms with Crippen molar-refractivity contribution in [3.05, 3.63) is 34.3 Å². The molecule has 1 aliphatic heterocycles. The van der Waals surface area contributed by atoms with Gasteiger partial charge in [-0.05, 0) is 36.4 Å². The average molecular weight is 282 g/mol. The fourth-order valence-corrected chi connectivity index (χ4v) is 3.32. The highest BCUT2D eigenvalue weighted by Crippen LogP contribution is 2.43. The first-order valence-corrected chi connectivity index (χ1v) is 6.72. The van der Waals surface area contributed by atoms with Crippen LogP contribution in [0.15, 0.2) is 28.7 Å². The first-order valence-electron chi connectivity index (χ1n) is 5.93. The van der Waals surface area contributed by atoms with Gasteiger partial charge in [-0.25, -0.2) is 0 Å². The van der Waals surface area contributed by atoms with E-state index in [0.717, 1.165) is 6.54 Å². The van der Waals surface area contributed by atoms with Gasteiger partial charge in [-0.3, -0.25) is 0 Å². The molecule has 88 valence electrons. The maximum Gasteiger partial charge on any atom is 0.0463 e. The van der Waals surface area contributed by atoms with Crippen LogP contribution in [-0.2, 0) is 5.54 Å². The van der Waals surface area contributed by atoms with Crippen molar-refractivity contribution in [3.8, 4) is 0 Å². The van der Waals surface area contributed by atoms with Crippen LogP contribution in [0.3, 0.4) is 0 Å². The van der Waals surface area contributed by atoms with E-state index in [1.54, 1.807) is 0 Å². The molecule has 1 N–H and O–H groups in total. The highest BCUT2D eigenvalue weighted by atomic mass is 79.9. The van der Waals surface area contributed by atoms with Crippen molar-refractivity contribution in [1.82, 2.24) is 5.32 Å². The number of hydrogen-bond acceptors (Lipinski definition) is 1. The van der Waals surface area contributed by atoms with Crippen LogP contribution >= 0.6 is 15.9 Å². The van der Waals surface area contributed by atoms with Gasteiger partial charge in [0.15, 0.2) is 0 Å². The third-order valence-corrected chi connectivity index (χ3v) is 3.93. The van der Waals surface area contributed by atoms with Gasteiger partial charge in [0.05, 0.1) is 0 Å². The summed E-state index contributed by atoms with van der Waals surface area (Å²) in [5, 5.41) is 3.64. The lowest BCUT2D eigenvalue weighted by Crippen LogP contribution is -2.56. The minimum Gasteiger partial charge on any atom is -0.307 e. The Balaban J connectivity index is 2.32. The molecule has 0 saturated carbocycles. The van der Waals surface area contributed by atoms with Crippen LogP contribution < -0.4 is 5.32 Å². The van der Waals surface area contributed by atoms with Crippen LogP contribution in [0.25, 0.3) is 0 Å². The molecule has 1 atom stereocenters. The Labute approximate surface area is 107 Å². The zero-order valence-electron chi connectivity index (χ0n) is 10.3. The topological polar surface area (TPSA) is 12.0 Å². The van der Waals surface area contributed by atoms with Gasteiger partial charge in [-0.1, -0.05) is 54.9 Å². The molecule has 1 nitrogen and oxygen atoms in total. The molecule has 1 saturated heterocycles. The lowest BCUT2D eigenvalue weighted by Gasteiger charge is -2.48. The van der Waals surface area contributed by atoms with E-state index in [9.17, 15) is 0 Å². The summed E-state index contributed by atoms with van der Waals surface area (Å²) < 4.78 is 1.23. The molecule has 0 aliphatic carbocycles. The van der Waals surface area contributed by atoms with Gasteiger partial charge in [0.25, 0.3) is 0 Å². The molecule has 1 heterocycles. The molecule has 2 rings (SSSR count). The third kappa shape index (κ3) is 2.33. The number of nitrogens with one attached hydrogen (secondary N) is 1. The van der Waals surface area contributed by atoms with Crippen LogP contribution in [0.1, 0.15) is 39.2 Å². The maximum absolute atomic E-state index is 3.67. The van der Waals surface area contributed by atoms with Gasteiger partial charge in [-0.2, -0.15) is 0 Å². The summed E-state index contributed by atoms with van der Waals surface area (Å²) in [6, 6.07) is 8.59. The lowest BCUT2D eigenvalue weighted by atomic mass is 9.70. The summed E-state index contributed by atoms with van der Waals surface area (Å²) in [6.07, 6.45) is 2.43. The van der Waals surface area contributed by atoms with Crippen molar-refractivity contribution in [2.24, 2.45) is 5.41 Å². The predicted octanol–water partition coefficient (Wildman–Crippen LogP) is 4.07. The summed E-state index contributed by atoms with van der Waals surface area (Å²) in [5.41, 5.74) is 1.96. The van der Waals surface area contributed by atoms with E-state index in [4.69, 9.17) is 0 Å². The third-order valence-electron chi connectivity index (χ3n) is 3.24. The summed E-state index contributed by atoms with van der Waals surface area (Å²) in [7, 11) is 0. The number of benzene rings is 1. The Morgan fingerprint density at radius 2 is 1.94 bits per heavy atom. The molecule has 0 bridgehead atoms. The Morgan fingerprint density at radius 3 is 2.38 bits per heavy atom. The minimum absolute atomic E-state index is 0.193. The Morgan fingerprint density at radius 1 is 1.31 bits per heavy atom. The molecule has 0 aromatic heterocycles. The largest absolute Gasteiger partial charge is 0.307 e. The summed E-state index contributed by atoms with van der Waals surface area (Å²) in [6.45, 7) is 8.07. The predicted molar refractivity (Wildman–Crippen MR) is 72.5 cm³/mol. The Kier molecular flexibility index (Phi) is 3.15. The molecule has 0 spiro atoms. The highest BCUT2D eigenvalue weighted by Gasteiger charge is 2.42. The van der Waals surface area contributed by atoms with E-state index in [1.165, 1.54) is 22.9 Å². The zero-order valence-corrected chi connectivity index (χ0v) is 11.9. The molecule has 0 radical (unpaired) electrons. The molecule has 1 fully saturated rings. The van der Waals surface area contributed by atoms with E-state index in [-0.39, 0.29) is 5.54 Å². The number of rotatable bonds is 2. The van der Waals surface area contributed by atoms with E-state index in [1.807, 2.05) is 0 Å². The van der Waals surface area contributed by atoms with Crippen LogP contribution in [0.4, 0.5) is 0 Å². The van der Waals surface area contributed by atoms with Crippen molar-refractivity contribution in [2.75, 3.05) is 6.54 Å². The fraction of sp³-hybridized carbons (Fsp3) is 0.571. The second-order valence-corrected chi connectivity index (χ2v) is 6.83. The molecule has 1 aromatic rings. The molecule has 1 aliphatic rings. The maximum atomic E-state index is 3.67. The number of hydrogen-bond donors (Lipinski definition) is 1. The van der Waals surface area contributed by atoms with Gasteiger partial charge in [0.2, 0.25) is 0 Å². The highest BCUT2D eigenvalue weighted by molar-refractivity contribution is 9.10.